The number of rotatable bonds is 12. The summed E-state index contributed by atoms with van der Waals surface area (Å²) in [5, 5.41) is 8.87. The maximum atomic E-state index is 13.7. The summed E-state index contributed by atoms with van der Waals surface area (Å²) in [6, 6.07) is 22.8. The fourth-order valence-electron chi connectivity index (χ4n) is 11.3. The summed E-state index contributed by atoms with van der Waals surface area (Å²) in [4.78, 5) is 101. The molecule has 2 aromatic heterocycles. The number of fused-ring (bicyclic) bond motifs is 2. The van der Waals surface area contributed by atoms with Gasteiger partial charge in [-0.3, -0.25) is 43.9 Å². The van der Waals surface area contributed by atoms with Crippen LogP contribution in [-0.2, 0) is 25.6 Å². The number of likely N-dealkylation sites (tertiary alicyclic amines) is 1. The van der Waals surface area contributed by atoms with E-state index in [9.17, 15) is 28.8 Å². The molecule has 18 heteroatoms. The molecule has 6 aliphatic rings. The standard InChI is InChI=1S/C52H58N12O6/c65-44-13-12-43(49(67)58-44)64-51(69)41-11-10-39(29-42(41)52(64)70)60-20-16-35(17-21-60)50(68)62-18-14-34(15-19-62)30-59-22-24-61(25-23-59)38-8-6-36(7-9-38)57-47-46-48(54-31-53-47)63(32-55-46)40-27-37(28-40)56-45(66)26-33-4-2-1-3-5-33/h1-11,29,31-32,34-35,37,40,43H,12-28,30H2,(H,56,66)(H,53,54,57)(H,58,65,67)/t37?,40?,43-/m0/s1. The highest BCUT2D eigenvalue weighted by Gasteiger charge is 2.45. The van der Waals surface area contributed by atoms with Gasteiger partial charge in [-0.15, -0.1) is 0 Å². The summed E-state index contributed by atoms with van der Waals surface area (Å²) in [6.07, 6.45) is 9.09. The molecule has 5 aliphatic heterocycles. The molecule has 1 aliphatic carbocycles. The van der Waals surface area contributed by atoms with Crippen molar-refractivity contribution in [2.45, 2.75) is 75.9 Å². The first-order valence-corrected chi connectivity index (χ1v) is 24.9. The molecule has 5 aromatic rings. The molecule has 3 aromatic carbocycles. The minimum atomic E-state index is -0.996. The molecule has 362 valence electrons. The number of nitrogens with zero attached hydrogens (tertiary/aromatic N) is 9. The van der Waals surface area contributed by atoms with E-state index >= 15 is 0 Å². The Morgan fingerprint density at radius 3 is 2.17 bits per heavy atom. The second-order valence-corrected chi connectivity index (χ2v) is 19.8. The largest absolute Gasteiger partial charge is 0.371 e. The highest BCUT2D eigenvalue weighted by atomic mass is 16.2. The SMILES string of the molecule is O=C1CC[C@H](N2C(=O)c3ccc(N4CCC(C(=O)N5CCC(CN6CCN(c7ccc(Nc8ncnc9c8ncn9C8CC(NC(=O)Cc9ccccc9)C8)cc7)CC6)CC5)CC4)cc3C2=O)C(=O)N1. The van der Waals surface area contributed by atoms with Crippen molar-refractivity contribution >= 4 is 69.5 Å². The molecule has 0 bridgehead atoms. The minimum absolute atomic E-state index is 0.0421. The predicted octanol–water partition coefficient (Wildman–Crippen LogP) is 4.31. The maximum absolute atomic E-state index is 13.7. The van der Waals surface area contributed by atoms with Crippen molar-refractivity contribution in [3.05, 3.63) is 102 Å². The Morgan fingerprint density at radius 2 is 1.43 bits per heavy atom. The zero-order valence-corrected chi connectivity index (χ0v) is 39.2. The number of imide groups is 2. The lowest BCUT2D eigenvalue weighted by atomic mass is 9.86. The maximum Gasteiger partial charge on any atom is 0.262 e. The van der Waals surface area contributed by atoms with Crippen LogP contribution in [0.2, 0.25) is 0 Å². The molecule has 70 heavy (non-hydrogen) atoms. The van der Waals surface area contributed by atoms with Crippen LogP contribution in [0.1, 0.15) is 83.7 Å². The highest BCUT2D eigenvalue weighted by molar-refractivity contribution is 6.23. The van der Waals surface area contributed by atoms with Crippen molar-refractivity contribution in [2.75, 3.05) is 74.0 Å². The van der Waals surface area contributed by atoms with Gasteiger partial charge >= 0.3 is 0 Å². The van der Waals surface area contributed by atoms with E-state index < -0.39 is 29.7 Å². The van der Waals surface area contributed by atoms with E-state index in [-0.39, 0.29) is 53.8 Å². The molecule has 0 spiro atoms. The van der Waals surface area contributed by atoms with E-state index in [0.717, 1.165) is 99.0 Å². The number of anilines is 4. The molecular formula is C52H58N12O6. The summed E-state index contributed by atoms with van der Waals surface area (Å²) in [6.45, 7) is 7.84. The van der Waals surface area contributed by atoms with Gasteiger partial charge < -0.3 is 29.9 Å². The number of piperidine rings is 3. The van der Waals surface area contributed by atoms with Crippen molar-refractivity contribution in [1.82, 2.24) is 44.9 Å². The smallest absolute Gasteiger partial charge is 0.262 e. The lowest BCUT2D eigenvalue weighted by molar-refractivity contribution is -0.138. The van der Waals surface area contributed by atoms with Gasteiger partial charge in [-0.2, -0.15) is 0 Å². The molecule has 4 saturated heterocycles. The van der Waals surface area contributed by atoms with Crippen LogP contribution < -0.4 is 25.8 Å². The van der Waals surface area contributed by atoms with Gasteiger partial charge in [0.25, 0.3) is 11.8 Å². The number of imidazole rings is 1. The first kappa shape index (κ1) is 45.2. The van der Waals surface area contributed by atoms with Crippen LogP contribution in [0, 0.1) is 11.8 Å². The molecule has 0 radical (unpaired) electrons. The van der Waals surface area contributed by atoms with Gasteiger partial charge in [0.05, 0.1) is 23.9 Å². The van der Waals surface area contributed by atoms with Crippen LogP contribution >= 0.6 is 0 Å². The molecule has 6 amide bonds. The molecule has 5 fully saturated rings. The third-order valence-electron chi connectivity index (χ3n) is 15.4. The van der Waals surface area contributed by atoms with E-state index in [1.54, 1.807) is 18.5 Å². The Bertz CT molecular complexity index is 2810. The summed E-state index contributed by atoms with van der Waals surface area (Å²) in [5.41, 5.74) is 5.96. The molecule has 1 atom stereocenters. The van der Waals surface area contributed by atoms with E-state index in [1.807, 2.05) is 42.7 Å². The first-order valence-electron chi connectivity index (χ1n) is 24.9. The van der Waals surface area contributed by atoms with E-state index in [4.69, 9.17) is 4.98 Å². The quantitative estimate of drug-likeness (QED) is 0.150. The molecule has 1 saturated carbocycles. The third-order valence-corrected chi connectivity index (χ3v) is 15.4. The number of piperazine rings is 1. The summed E-state index contributed by atoms with van der Waals surface area (Å²) in [5.74, 6) is -0.592. The molecule has 7 heterocycles. The fraction of sp³-hybridized carbons (Fsp3) is 0.442. The summed E-state index contributed by atoms with van der Waals surface area (Å²) in [7, 11) is 0. The van der Waals surface area contributed by atoms with E-state index in [0.29, 0.717) is 49.6 Å². The Labute approximate surface area is 405 Å². The average molecular weight is 947 g/mol. The van der Waals surface area contributed by atoms with Crippen molar-refractivity contribution in [1.29, 1.82) is 0 Å². The van der Waals surface area contributed by atoms with Crippen molar-refractivity contribution in [3.8, 4) is 0 Å². The van der Waals surface area contributed by atoms with Crippen LogP contribution in [0.3, 0.4) is 0 Å². The van der Waals surface area contributed by atoms with Gasteiger partial charge in [-0.05, 0) is 98.9 Å². The van der Waals surface area contributed by atoms with E-state index in [2.05, 4.69) is 74.4 Å². The second kappa shape index (κ2) is 19.3. The van der Waals surface area contributed by atoms with Gasteiger partial charge in [0.1, 0.15) is 12.4 Å². The Morgan fingerprint density at radius 1 is 0.714 bits per heavy atom. The second-order valence-electron chi connectivity index (χ2n) is 19.8. The van der Waals surface area contributed by atoms with Gasteiger partial charge in [-0.1, -0.05) is 30.3 Å². The summed E-state index contributed by atoms with van der Waals surface area (Å²) < 4.78 is 2.10. The topological polar surface area (TPSA) is 198 Å². The Hall–Kier alpha value is -7.21. The van der Waals surface area contributed by atoms with Crippen molar-refractivity contribution in [2.24, 2.45) is 11.8 Å². The molecule has 0 unspecified atom stereocenters. The Kier molecular flexibility index (Phi) is 12.5. The number of hydrogen-bond acceptors (Lipinski definition) is 13. The van der Waals surface area contributed by atoms with Crippen LogP contribution in [-0.4, -0.2) is 141 Å². The fourth-order valence-corrected chi connectivity index (χ4v) is 11.3. The van der Waals surface area contributed by atoms with Crippen LogP contribution in [0.15, 0.2) is 85.5 Å². The molecule has 11 rings (SSSR count). The van der Waals surface area contributed by atoms with Gasteiger partial charge in [0.15, 0.2) is 17.0 Å². The number of carbonyl (C=O) groups excluding carboxylic acids is 6. The molecule has 3 N–H and O–H groups in total. The normalized spacial score (nSPS) is 22.5. The van der Waals surface area contributed by atoms with Crippen molar-refractivity contribution < 1.29 is 28.8 Å². The zero-order valence-electron chi connectivity index (χ0n) is 39.2. The Balaban J connectivity index is 0.599. The van der Waals surface area contributed by atoms with Crippen molar-refractivity contribution in [3.63, 3.8) is 0 Å². The molecular weight excluding hydrogens is 889 g/mol. The van der Waals surface area contributed by atoms with Gasteiger partial charge in [0, 0.05) is 100 Å². The highest BCUT2D eigenvalue weighted by Crippen LogP contribution is 2.36. The number of aromatic nitrogens is 4. The lowest BCUT2D eigenvalue weighted by Crippen LogP contribution is -2.54. The lowest BCUT2D eigenvalue weighted by Gasteiger charge is -2.41. The predicted molar refractivity (Wildman–Crippen MR) is 261 cm³/mol. The third kappa shape index (κ3) is 9.19. The minimum Gasteiger partial charge on any atom is -0.371 e. The van der Waals surface area contributed by atoms with Crippen LogP contribution in [0.25, 0.3) is 11.2 Å². The number of benzene rings is 3. The average Bonchev–Trinajstić information content (AvgIpc) is 3.91. The first-order chi connectivity index (χ1) is 34.1. The van der Waals surface area contributed by atoms with Crippen LogP contribution in [0.4, 0.5) is 22.9 Å². The molecule has 18 nitrogen and oxygen atoms in total. The van der Waals surface area contributed by atoms with Crippen LogP contribution in [0.5, 0.6) is 0 Å². The van der Waals surface area contributed by atoms with Gasteiger partial charge in [0.2, 0.25) is 23.6 Å². The number of carbonyl (C=O) groups is 6. The number of nitrogens with one attached hydrogen (secondary N) is 3. The van der Waals surface area contributed by atoms with Gasteiger partial charge in [-0.25, -0.2) is 15.0 Å². The monoisotopic (exact) mass is 946 g/mol. The summed E-state index contributed by atoms with van der Waals surface area (Å²) >= 11 is 0. The number of amides is 6. The van der Waals surface area contributed by atoms with E-state index in [1.165, 1.54) is 5.69 Å². The zero-order chi connectivity index (χ0) is 47.9. The number of hydrogen-bond donors (Lipinski definition) is 3.